The van der Waals surface area contributed by atoms with Crippen molar-refractivity contribution in [3.8, 4) is 0 Å². The molecular formula is C19H21NO7S2. The van der Waals surface area contributed by atoms with Crippen molar-refractivity contribution < 1.29 is 32.3 Å². The van der Waals surface area contributed by atoms with E-state index in [0.717, 1.165) is 17.6 Å². The zero-order chi connectivity index (χ0) is 21.8. The number of thiophene rings is 1. The summed E-state index contributed by atoms with van der Waals surface area (Å²) >= 11 is 0.896. The molecule has 1 N–H and O–H groups in total. The summed E-state index contributed by atoms with van der Waals surface area (Å²) in [6.07, 6.45) is 1.04. The second-order valence-corrected chi connectivity index (χ2v) is 8.99. The number of carbonyl (C=O) groups excluding carboxylic acids is 3. The van der Waals surface area contributed by atoms with Gasteiger partial charge in [0, 0.05) is 11.8 Å². The molecule has 8 nitrogen and oxygen atoms in total. The van der Waals surface area contributed by atoms with Gasteiger partial charge in [-0.2, -0.15) is 0 Å². The summed E-state index contributed by atoms with van der Waals surface area (Å²) in [7, 11) is -3.49. The van der Waals surface area contributed by atoms with Gasteiger partial charge in [-0.15, -0.1) is 11.3 Å². The Kier molecular flexibility index (Phi) is 7.15. The van der Waals surface area contributed by atoms with Crippen LogP contribution < -0.4 is 5.32 Å². The van der Waals surface area contributed by atoms with Gasteiger partial charge < -0.3 is 14.8 Å². The maximum atomic E-state index is 12.7. The third kappa shape index (κ3) is 5.21. The molecule has 2 aromatic rings. The first kappa shape index (κ1) is 22.6. The number of carbonyl (C=O) groups is 3. The van der Waals surface area contributed by atoms with Crippen molar-refractivity contribution in [2.75, 3.05) is 24.8 Å². The van der Waals surface area contributed by atoms with E-state index >= 15 is 0 Å². The zero-order valence-corrected chi connectivity index (χ0v) is 18.0. The monoisotopic (exact) mass is 439 g/mol. The summed E-state index contributed by atoms with van der Waals surface area (Å²) in [6, 6.07) is 5.51. The lowest BCUT2D eigenvalue weighted by atomic mass is 10.1. The Morgan fingerprint density at radius 2 is 1.69 bits per heavy atom. The lowest BCUT2D eigenvalue weighted by Crippen LogP contribution is -2.15. The van der Waals surface area contributed by atoms with E-state index in [2.05, 4.69) is 5.32 Å². The van der Waals surface area contributed by atoms with Crippen LogP contribution in [-0.4, -0.2) is 45.7 Å². The molecule has 0 aliphatic carbocycles. The average molecular weight is 440 g/mol. The summed E-state index contributed by atoms with van der Waals surface area (Å²) in [4.78, 5) is 37.4. The van der Waals surface area contributed by atoms with Gasteiger partial charge in [0.1, 0.15) is 9.88 Å². The maximum Gasteiger partial charge on any atom is 0.348 e. The summed E-state index contributed by atoms with van der Waals surface area (Å²) in [5.41, 5.74) is 0.492. The molecule has 1 amide bonds. The molecule has 0 bridgehead atoms. The Labute approximate surface area is 172 Å². The number of benzene rings is 1. The molecule has 0 fully saturated rings. The molecule has 1 heterocycles. The van der Waals surface area contributed by atoms with Crippen molar-refractivity contribution in [3.05, 3.63) is 45.8 Å². The van der Waals surface area contributed by atoms with Gasteiger partial charge in [0.15, 0.2) is 9.84 Å². The Balaban J connectivity index is 2.45. The predicted molar refractivity (Wildman–Crippen MR) is 108 cm³/mol. The highest BCUT2D eigenvalue weighted by Gasteiger charge is 2.27. The van der Waals surface area contributed by atoms with E-state index in [0.29, 0.717) is 5.56 Å². The molecule has 10 heteroatoms. The first-order valence-corrected chi connectivity index (χ1v) is 11.4. The number of hydrogen-bond acceptors (Lipinski definition) is 8. The van der Waals surface area contributed by atoms with Crippen molar-refractivity contribution in [3.63, 3.8) is 0 Å². The second-order valence-electron chi connectivity index (χ2n) is 5.96. The number of sulfone groups is 1. The number of rotatable bonds is 7. The fourth-order valence-corrected chi connectivity index (χ4v) is 4.24. The number of amides is 1. The largest absolute Gasteiger partial charge is 0.462 e. The predicted octanol–water partition coefficient (Wildman–Crippen LogP) is 3.07. The molecule has 0 atom stereocenters. The van der Waals surface area contributed by atoms with Gasteiger partial charge in [-0.3, -0.25) is 4.79 Å². The third-order valence-corrected chi connectivity index (χ3v) is 6.14. The molecule has 0 radical (unpaired) electrons. The van der Waals surface area contributed by atoms with Gasteiger partial charge in [0.05, 0.1) is 23.7 Å². The van der Waals surface area contributed by atoms with Gasteiger partial charge in [-0.05, 0) is 44.5 Å². The molecule has 1 aromatic heterocycles. The van der Waals surface area contributed by atoms with Gasteiger partial charge in [0.2, 0.25) is 0 Å². The molecular weight excluding hydrogens is 418 g/mol. The number of esters is 2. The Morgan fingerprint density at radius 1 is 1.07 bits per heavy atom. The molecule has 29 heavy (non-hydrogen) atoms. The van der Waals surface area contributed by atoms with Gasteiger partial charge >= 0.3 is 11.9 Å². The molecule has 0 spiro atoms. The van der Waals surface area contributed by atoms with E-state index in [9.17, 15) is 22.8 Å². The van der Waals surface area contributed by atoms with E-state index in [1.807, 2.05) is 0 Å². The average Bonchev–Trinajstić information content (AvgIpc) is 2.97. The Bertz CT molecular complexity index is 1050. The highest BCUT2D eigenvalue weighted by molar-refractivity contribution is 7.90. The first-order valence-electron chi connectivity index (χ1n) is 8.69. The smallest absolute Gasteiger partial charge is 0.348 e. The summed E-state index contributed by atoms with van der Waals surface area (Å²) in [6.45, 7) is 5.14. The lowest BCUT2D eigenvalue weighted by molar-refractivity contribution is 0.0527. The third-order valence-electron chi connectivity index (χ3n) is 3.84. The van der Waals surface area contributed by atoms with E-state index in [4.69, 9.17) is 9.47 Å². The van der Waals surface area contributed by atoms with Crippen LogP contribution in [0.25, 0.3) is 0 Å². The minimum Gasteiger partial charge on any atom is -0.462 e. The molecule has 0 unspecified atom stereocenters. The van der Waals surface area contributed by atoms with E-state index in [1.165, 1.54) is 24.3 Å². The number of ether oxygens (including phenoxy) is 2. The fraction of sp³-hybridized carbons (Fsp3) is 0.316. The molecule has 0 aliphatic rings. The van der Waals surface area contributed by atoms with Crippen LogP contribution in [0.1, 0.15) is 49.8 Å². The Morgan fingerprint density at radius 3 is 2.28 bits per heavy atom. The zero-order valence-electron chi connectivity index (χ0n) is 16.4. The second kappa shape index (κ2) is 9.19. The van der Waals surface area contributed by atoms with Crippen molar-refractivity contribution in [2.45, 2.75) is 25.7 Å². The lowest BCUT2D eigenvalue weighted by Gasteiger charge is -2.08. The first-order chi connectivity index (χ1) is 13.6. The normalized spacial score (nSPS) is 11.0. The molecule has 0 saturated carbocycles. The molecule has 0 aliphatic heterocycles. The van der Waals surface area contributed by atoms with Crippen LogP contribution in [0.5, 0.6) is 0 Å². The van der Waals surface area contributed by atoms with Crippen LogP contribution in [0.15, 0.2) is 29.2 Å². The van der Waals surface area contributed by atoms with Crippen LogP contribution in [0, 0.1) is 6.92 Å². The van der Waals surface area contributed by atoms with E-state index in [1.54, 1.807) is 20.8 Å². The summed E-state index contributed by atoms with van der Waals surface area (Å²) in [5, 5.41) is 2.70. The van der Waals surface area contributed by atoms with Crippen LogP contribution in [0.2, 0.25) is 0 Å². The minimum absolute atomic E-state index is 0.00895. The maximum absolute atomic E-state index is 12.7. The van der Waals surface area contributed by atoms with Crippen molar-refractivity contribution in [1.82, 2.24) is 0 Å². The quantitative estimate of drug-likeness (QED) is 0.659. The molecule has 2 rings (SSSR count). The fourth-order valence-electron chi connectivity index (χ4n) is 2.49. The Hall–Kier alpha value is -2.72. The van der Waals surface area contributed by atoms with Crippen LogP contribution in [0.4, 0.5) is 5.00 Å². The molecule has 1 aromatic carbocycles. The highest BCUT2D eigenvalue weighted by Crippen LogP contribution is 2.34. The standard InChI is InChI=1S/C19H21NO7S2/c1-5-26-18(22)14-11(3)15(19(23)27-6-2)28-17(14)20-16(21)12-8-7-9-13(10-12)29(4,24)25/h7-10H,5-6H2,1-4H3,(H,20,21). The van der Waals surface area contributed by atoms with Crippen LogP contribution >= 0.6 is 11.3 Å². The van der Waals surface area contributed by atoms with Crippen molar-refractivity contribution in [2.24, 2.45) is 0 Å². The van der Waals surface area contributed by atoms with Gasteiger partial charge in [-0.1, -0.05) is 6.07 Å². The highest BCUT2D eigenvalue weighted by atomic mass is 32.2. The van der Waals surface area contributed by atoms with Crippen molar-refractivity contribution in [1.29, 1.82) is 0 Å². The van der Waals surface area contributed by atoms with E-state index < -0.39 is 27.7 Å². The van der Waals surface area contributed by atoms with Gasteiger partial charge in [0.25, 0.3) is 5.91 Å². The van der Waals surface area contributed by atoms with E-state index in [-0.39, 0.29) is 39.1 Å². The van der Waals surface area contributed by atoms with Crippen LogP contribution in [0.3, 0.4) is 0 Å². The molecule has 156 valence electrons. The SMILES string of the molecule is CCOC(=O)c1sc(NC(=O)c2cccc(S(C)(=O)=O)c2)c(C(=O)OCC)c1C. The molecule has 0 saturated heterocycles. The topological polar surface area (TPSA) is 116 Å². The minimum atomic E-state index is -3.49. The number of hydrogen-bond donors (Lipinski definition) is 1. The summed E-state index contributed by atoms with van der Waals surface area (Å²) < 4.78 is 33.5. The number of nitrogens with one attached hydrogen (secondary N) is 1. The van der Waals surface area contributed by atoms with Crippen LogP contribution in [-0.2, 0) is 19.3 Å². The summed E-state index contributed by atoms with van der Waals surface area (Å²) in [5.74, 6) is -1.92. The van der Waals surface area contributed by atoms with Gasteiger partial charge in [-0.25, -0.2) is 18.0 Å². The number of anilines is 1. The van der Waals surface area contributed by atoms with Crippen molar-refractivity contribution >= 4 is 44.0 Å².